The van der Waals surface area contributed by atoms with Crippen LogP contribution in [0.15, 0.2) is 17.6 Å². The molecule has 0 spiro atoms. The summed E-state index contributed by atoms with van der Waals surface area (Å²) < 4.78 is 39.0. The minimum atomic E-state index is -4.54. The van der Waals surface area contributed by atoms with E-state index in [9.17, 15) is 18.0 Å². The number of carbonyl (C=O) groups is 1. The zero-order valence-corrected chi connectivity index (χ0v) is 12.8. The third-order valence-corrected chi connectivity index (χ3v) is 3.80. The number of hydrogen-bond donors (Lipinski definition) is 1. The average molecular weight is 341 g/mol. The Morgan fingerprint density at radius 1 is 1.30 bits per heavy atom. The van der Waals surface area contributed by atoms with Gasteiger partial charge in [-0.15, -0.1) is 11.3 Å². The van der Waals surface area contributed by atoms with Crippen molar-refractivity contribution in [3.8, 4) is 0 Å². The molecular formula is C13H10F3N5OS. The van der Waals surface area contributed by atoms with Crippen molar-refractivity contribution in [1.82, 2.24) is 19.6 Å². The molecule has 3 heterocycles. The molecule has 1 N–H and O–H groups in total. The van der Waals surface area contributed by atoms with Crippen molar-refractivity contribution in [2.24, 2.45) is 0 Å². The van der Waals surface area contributed by atoms with Crippen LogP contribution in [0.5, 0.6) is 0 Å². The van der Waals surface area contributed by atoms with Crippen LogP contribution in [0.3, 0.4) is 0 Å². The highest BCUT2D eigenvalue weighted by Crippen LogP contribution is 2.31. The number of aryl methyl sites for hydroxylation is 2. The molecule has 0 aromatic carbocycles. The van der Waals surface area contributed by atoms with Gasteiger partial charge in [0.1, 0.15) is 5.56 Å². The Hall–Kier alpha value is -2.49. The Morgan fingerprint density at radius 2 is 2.04 bits per heavy atom. The number of halogens is 3. The molecule has 0 aliphatic rings. The molecule has 0 saturated heterocycles. The quantitative estimate of drug-likeness (QED) is 0.777. The highest BCUT2D eigenvalue weighted by atomic mass is 32.1. The highest BCUT2D eigenvalue weighted by Gasteiger charge is 2.34. The number of nitrogens with one attached hydrogen (secondary N) is 1. The Kier molecular flexibility index (Phi) is 3.55. The van der Waals surface area contributed by atoms with Crippen LogP contribution in [0.2, 0.25) is 0 Å². The zero-order chi connectivity index (χ0) is 16.8. The highest BCUT2D eigenvalue weighted by molar-refractivity contribution is 7.14. The first-order valence-electron chi connectivity index (χ1n) is 6.42. The summed E-state index contributed by atoms with van der Waals surface area (Å²) in [5.74, 6) is -0.611. The number of alkyl halides is 3. The van der Waals surface area contributed by atoms with E-state index in [1.54, 1.807) is 13.0 Å². The molecule has 0 unspecified atom stereocenters. The summed E-state index contributed by atoms with van der Waals surface area (Å²) in [6.07, 6.45) is -3.22. The second-order valence-corrected chi connectivity index (χ2v) is 5.68. The number of thiazole rings is 1. The second-order valence-electron chi connectivity index (χ2n) is 4.82. The zero-order valence-electron chi connectivity index (χ0n) is 12.0. The van der Waals surface area contributed by atoms with Crippen LogP contribution in [-0.2, 0) is 6.18 Å². The third-order valence-electron chi connectivity index (χ3n) is 3.04. The normalized spacial score (nSPS) is 11.9. The lowest BCUT2D eigenvalue weighted by Gasteiger charge is -2.03. The number of amides is 1. The van der Waals surface area contributed by atoms with Crippen LogP contribution in [0.1, 0.15) is 27.4 Å². The van der Waals surface area contributed by atoms with Crippen molar-refractivity contribution in [2.45, 2.75) is 20.0 Å². The molecule has 3 aromatic heterocycles. The molecule has 120 valence electrons. The van der Waals surface area contributed by atoms with E-state index in [-0.39, 0.29) is 10.7 Å². The number of anilines is 1. The van der Waals surface area contributed by atoms with Gasteiger partial charge in [-0.1, -0.05) is 0 Å². The monoisotopic (exact) mass is 341 g/mol. The molecule has 6 nitrogen and oxygen atoms in total. The van der Waals surface area contributed by atoms with Gasteiger partial charge >= 0.3 is 6.18 Å². The van der Waals surface area contributed by atoms with Crippen molar-refractivity contribution in [1.29, 1.82) is 0 Å². The molecule has 3 aromatic rings. The van der Waals surface area contributed by atoms with Crippen LogP contribution in [-0.4, -0.2) is 25.5 Å². The first kappa shape index (κ1) is 15.4. The molecule has 0 aliphatic carbocycles. The SMILES string of the molecule is Cc1cc(C)n2ncc(C(=O)Nc3nc(C(F)(F)F)cs3)c2n1. The maximum atomic E-state index is 12.5. The van der Waals surface area contributed by atoms with E-state index in [0.717, 1.165) is 11.1 Å². The average Bonchev–Trinajstić information content (AvgIpc) is 3.04. The Labute approximate surface area is 132 Å². The maximum absolute atomic E-state index is 12.5. The van der Waals surface area contributed by atoms with Crippen molar-refractivity contribution in [2.75, 3.05) is 5.32 Å². The van der Waals surface area contributed by atoms with Gasteiger partial charge in [-0.3, -0.25) is 10.1 Å². The number of hydrogen-bond acceptors (Lipinski definition) is 5. The fraction of sp³-hybridized carbons (Fsp3) is 0.231. The predicted octanol–water partition coefficient (Wildman–Crippen LogP) is 3.07. The largest absolute Gasteiger partial charge is 0.434 e. The molecule has 10 heteroatoms. The van der Waals surface area contributed by atoms with Crippen LogP contribution in [0.25, 0.3) is 5.65 Å². The number of rotatable bonds is 2. The first-order valence-corrected chi connectivity index (χ1v) is 7.30. The summed E-state index contributed by atoms with van der Waals surface area (Å²) in [6, 6.07) is 1.80. The molecule has 3 rings (SSSR count). The van der Waals surface area contributed by atoms with Gasteiger partial charge in [-0.25, -0.2) is 14.5 Å². The minimum absolute atomic E-state index is 0.133. The van der Waals surface area contributed by atoms with Crippen molar-refractivity contribution < 1.29 is 18.0 Å². The number of fused-ring (bicyclic) bond motifs is 1. The van der Waals surface area contributed by atoms with E-state index < -0.39 is 17.8 Å². The Bertz CT molecular complexity index is 899. The Balaban J connectivity index is 1.91. The Morgan fingerprint density at radius 3 is 2.70 bits per heavy atom. The minimum Gasteiger partial charge on any atom is -0.298 e. The standard InChI is InChI=1S/C13H10F3N5OS/c1-6-3-7(2)21-10(18-6)8(4-17-21)11(22)20-12-19-9(5-23-12)13(14,15)16/h3-5H,1-2H3,(H,19,20,22). The molecule has 0 aliphatic heterocycles. The predicted molar refractivity (Wildman–Crippen MR) is 77.5 cm³/mol. The van der Waals surface area contributed by atoms with Gasteiger partial charge in [0.25, 0.3) is 5.91 Å². The summed E-state index contributed by atoms with van der Waals surface area (Å²) in [6.45, 7) is 3.59. The lowest BCUT2D eigenvalue weighted by atomic mass is 10.3. The summed E-state index contributed by atoms with van der Waals surface area (Å²) in [5, 5.41) is 7.12. The molecule has 0 saturated carbocycles. The smallest absolute Gasteiger partial charge is 0.298 e. The molecule has 0 radical (unpaired) electrons. The molecule has 1 amide bonds. The molecule has 0 atom stereocenters. The molecule has 23 heavy (non-hydrogen) atoms. The van der Waals surface area contributed by atoms with E-state index in [1.807, 2.05) is 6.92 Å². The van der Waals surface area contributed by atoms with Crippen molar-refractivity contribution in [3.63, 3.8) is 0 Å². The van der Waals surface area contributed by atoms with Gasteiger partial charge in [-0.2, -0.15) is 18.3 Å². The number of aromatic nitrogens is 4. The van der Waals surface area contributed by atoms with Crippen LogP contribution < -0.4 is 5.32 Å². The van der Waals surface area contributed by atoms with Crippen molar-refractivity contribution >= 4 is 28.0 Å². The molecule has 0 fully saturated rings. The molecule has 0 bridgehead atoms. The number of carbonyl (C=O) groups excluding carboxylic acids is 1. The summed E-state index contributed by atoms with van der Waals surface area (Å²) in [7, 11) is 0. The van der Waals surface area contributed by atoms with E-state index in [0.29, 0.717) is 22.7 Å². The van der Waals surface area contributed by atoms with Crippen molar-refractivity contribution in [3.05, 3.63) is 40.3 Å². The van der Waals surface area contributed by atoms with Gasteiger partial charge < -0.3 is 0 Å². The van der Waals surface area contributed by atoms with E-state index in [1.165, 1.54) is 10.7 Å². The third kappa shape index (κ3) is 2.89. The fourth-order valence-corrected chi connectivity index (χ4v) is 2.77. The van der Waals surface area contributed by atoms with E-state index in [2.05, 4.69) is 20.4 Å². The first-order chi connectivity index (χ1) is 10.8. The maximum Gasteiger partial charge on any atom is 0.434 e. The topological polar surface area (TPSA) is 72.2 Å². The van der Waals surface area contributed by atoms with E-state index >= 15 is 0 Å². The van der Waals surface area contributed by atoms with E-state index in [4.69, 9.17) is 0 Å². The molecular weight excluding hydrogens is 331 g/mol. The van der Waals surface area contributed by atoms with Crippen LogP contribution >= 0.6 is 11.3 Å². The van der Waals surface area contributed by atoms with Crippen LogP contribution in [0, 0.1) is 13.8 Å². The van der Waals surface area contributed by atoms with Gasteiger partial charge in [0.2, 0.25) is 0 Å². The number of nitrogens with zero attached hydrogens (tertiary/aromatic N) is 4. The van der Waals surface area contributed by atoms with Gasteiger partial charge in [0.15, 0.2) is 16.5 Å². The summed E-state index contributed by atoms with van der Waals surface area (Å²) in [4.78, 5) is 19.9. The lowest BCUT2D eigenvalue weighted by molar-refractivity contribution is -0.140. The fourth-order valence-electron chi connectivity index (χ4n) is 2.06. The second kappa shape index (κ2) is 5.30. The van der Waals surface area contributed by atoms with Gasteiger partial charge in [-0.05, 0) is 19.9 Å². The lowest BCUT2D eigenvalue weighted by Crippen LogP contribution is -2.13. The van der Waals surface area contributed by atoms with Crippen LogP contribution in [0.4, 0.5) is 18.3 Å². The van der Waals surface area contributed by atoms with Gasteiger partial charge in [0, 0.05) is 16.8 Å². The summed E-state index contributed by atoms with van der Waals surface area (Å²) >= 11 is 0.703. The van der Waals surface area contributed by atoms with Gasteiger partial charge in [0.05, 0.1) is 6.20 Å². The summed E-state index contributed by atoms with van der Waals surface area (Å²) in [5.41, 5.74) is 0.967.